The van der Waals surface area contributed by atoms with Crippen molar-refractivity contribution in [2.75, 3.05) is 20.1 Å². The van der Waals surface area contributed by atoms with Crippen molar-refractivity contribution in [3.05, 3.63) is 34.2 Å². The topological polar surface area (TPSA) is 82.3 Å². The molecular formula is C13H17N3O3. The van der Waals surface area contributed by atoms with Gasteiger partial charge in [0.1, 0.15) is 0 Å². The first-order chi connectivity index (χ1) is 9.11. The summed E-state index contributed by atoms with van der Waals surface area (Å²) in [5.74, 6) is -0.0765. The van der Waals surface area contributed by atoms with Gasteiger partial charge in [0, 0.05) is 38.3 Å². The van der Waals surface area contributed by atoms with Crippen LogP contribution in [0.25, 0.3) is 0 Å². The van der Waals surface area contributed by atoms with Crippen molar-refractivity contribution in [1.29, 1.82) is 0 Å². The smallest absolute Gasteiger partial charge is 0.255 e. The highest BCUT2D eigenvalue weighted by Crippen LogP contribution is 2.18. The third-order valence-corrected chi connectivity index (χ3v) is 3.43. The number of H-pyrrole nitrogens is 1. The molecule has 0 aliphatic carbocycles. The number of likely N-dealkylation sites (tertiary alicyclic amines) is 1. The van der Waals surface area contributed by atoms with Crippen LogP contribution < -0.4 is 10.9 Å². The normalized spacial score (nSPS) is 16.2. The third-order valence-electron chi connectivity index (χ3n) is 3.43. The van der Waals surface area contributed by atoms with Crippen molar-refractivity contribution >= 4 is 11.8 Å². The summed E-state index contributed by atoms with van der Waals surface area (Å²) < 4.78 is 0. The molecule has 0 bridgehead atoms. The summed E-state index contributed by atoms with van der Waals surface area (Å²) >= 11 is 0. The molecule has 1 fully saturated rings. The van der Waals surface area contributed by atoms with E-state index in [1.165, 1.54) is 18.3 Å². The molecule has 0 unspecified atom stereocenters. The molecule has 2 amide bonds. The van der Waals surface area contributed by atoms with Crippen molar-refractivity contribution < 1.29 is 9.59 Å². The first-order valence-corrected chi connectivity index (χ1v) is 6.31. The molecule has 1 aliphatic heterocycles. The highest BCUT2D eigenvalue weighted by atomic mass is 16.2. The quantitative estimate of drug-likeness (QED) is 0.786. The molecule has 0 radical (unpaired) electrons. The molecule has 0 atom stereocenters. The summed E-state index contributed by atoms with van der Waals surface area (Å²) in [5.41, 5.74) is 0.243. The van der Waals surface area contributed by atoms with Crippen molar-refractivity contribution in [3.8, 4) is 0 Å². The molecule has 1 aromatic rings. The molecule has 1 aliphatic rings. The molecule has 102 valence electrons. The van der Waals surface area contributed by atoms with Crippen LogP contribution >= 0.6 is 0 Å². The summed E-state index contributed by atoms with van der Waals surface area (Å²) in [4.78, 5) is 38.8. The molecule has 2 heterocycles. The van der Waals surface area contributed by atoms with Gasteiger partial charge in [-0.25, -0.2) is 0 Å². The molecule has 6 heteroatoms. The fraction of sp³-hybridized carbons (Fsp3) is 0.462. The van der Waals surface area contributed by atoms with Gasteiger partial charge in [-0.15, -0.1) is 0 Å². The minimum absolute atomic E-state index is 0.00960. The molecule has 0 spiro atoms. The number of hydrogen-bond acceptors (Lipinski definition) is 3. The van der Waals surface area contributed by atoms with E-state index in [1.807, 2.05) is 0 Å². The maximum atomic E-state index is 12.2. The zero-order valence-corrected chi connectivity index (χ0v) is 10.8. The number of pyridine rings is 1. The van der Waals surface area contributed by atoms with E-state index in [1.54, 1.807) is 11.9 Å². The molecule has 2 rings (SSSR count). The van der Waals surface area contributed by atoms with Crippen molar-refractivity contribution in [3.63, 3.8) is 0 Å². The summed E-state index contributed by atoms with van der Waals surface area (Å²) in [5, 5.41) is 2.63. The first-order valence-electron chi connectivity index (χ1n) is 6.31. The molecule has 6 nitrogen and oxygen atoms in total. The minimum Gasteiger partial charge on any atom is -0.359 e. The Hall–Kier alpha value is -2.11. The van der Waals surface area contributed by atoms with E-state index in [4.69, 9.17) is 0 Å². The average Bonchev–Trinajstić information content (AvgIpc) is 2.46. The van der Waals surface area contributed by atoms with Crippen molar-refractivity contribution in [2.24, 2.45) is 5.92 Å². The number of carbonyl (C=O) groups excluding carboxylic acids is 2. The van der Waals surface area contributed by atoms with Gasteiger partial charge in [-0.3, -0.25) is 14.4 Å². The largest absolute Gasteiger partial charge is 0.359 e. The number of hydrogen-bond donors (Lipinski definition) is 2. The van der Waals surface area contributed by atoms with Crippen LogP contribution in [-0.4, -0.2) is 41.8 Å². The lowest BCUT2D eigenvalue weighted by Crippen LogP contribution is -2.42. The third kappa shape index (κ3) is 3.01. The number of piperidine rings is 1. The predicted molar refractivity (Wildman–Crippen MR) is 69.8 cm³/mol. The van der Waals surface area contributed by atoms with Gasteiger partial charge in [0.15, 0.2) is 0 Å². The minimum atomic E-state index is -0.227. The number of aromatic nitrogens is 1. The van der Waals surface area contributed by atoms with Crippen molar-refractivity contribution in [2.45, 2.75) is 12.8 Å². The number of aromatic amines is 1. The van der Waals surface area contributed by atoms with Crippen LogP contribution in [0.15, 0.2) is 23.1 Å². The second-order valence-corrected chi connectivity index (χ2v) is 4.62. The van der Waals surface area contributed by atoms with E-state index >= 15 is 0 Å². The molecule has 1 saturated heterocycles. The van der Waals surface area contributed by atoms with E-state index in [0.29, 0.717) is 31.5 Å². The highest BCUT2D eigenvalue weighted by molar-refractivity contribution is 5.94. The Morgan fingerprint density at radius 3 is 2.53 bits per heavy atom. The maximum absolute atomic E-state index is 12.2. The van der Waals surface area contributed by atoms with Crippen LogP contribution in [-0.2, 0) is 4.79 Å². The Labute approximate surface area is 110 Å². The van der Waals surface area contributed by atoms with Crippen molar-refractivity contribution in [1.82, 2.24) is 15.2 Å². The average molecular weight is 263 g/mol. The lowest BCUT2D eigenvalue weighted by Gasteiger charge is -2.31. The van der Waals surface area contributed by atoms with Crippen LogP contribution in [0.3, 0.4) is 0 Å². The van der Waals surface area contributed by atoms with Gasteiger partial charge < -0.3 is 15.2 Å². The summed E-state index contributed by atoms with van der Waals surface area (Å²) in [6.07, 6.45) is 2.78. The maximum Gasteiger partial charge on any atom is 0.255 e. The summed E-state index contributed by atoms with van der Waals surface area (Å²) in [7, 11) is 1.63. The van der Waals surface area contributed by atoms with Gasteiger partial charge in [-0.05, 0) is 18.9 Å². The Morgan fingerprint density at radius 1 is 1.32 bits per heavy atom. The van der Waals surface area contributed by atoms with Gasteiger partial charge in [0.05, 0.1) is 5.56 Å². The Balaban J connectivity index is 1.98. The Bertz CT molecular complexity index is 510. The van der Waals surface area contributed by atoms with Gasteiger partial charge in [0.2, 0.25) is 11.5 Å². The summed E-state index contributed by atoms with van der Waals surface area (Å²) in [6, 6.07) is 2.86. The van der Waals surface area contributed by atoms with Gasteiger partial charge in [0.25, 0.3) is 5.91 Å². The van der Waals surface area contributed by atoms with Gasteiger partial charge >= 0.3 is 0 Å². The van der Waals surface area contributed by atoms with Crippen LogP contribution in [0.2, 0.25) is 0 Å². The zero-order chi connectivity index (χ0) is 13.8. The monoisotopic (exact) mass is 263 g/mol. The van der Waals surface area contributed by atoms with Crippen LogP contribution in [0.5, 0.6) is 0 Å². The lowest BCUT2D eigenvalue weighted by molar-refractivity contribution is -0.125. The van der Waals surface area contributed by atoms with Gasteiger partial charge in [-0.1, -0.05) is 0 Å². The zero-order valence-electron chi connectivity index (χ0n) is 10.8. The second kappa shape index (κ2) is 5.69. The lowest BCUT2D eigenvalue weighted by atomic mass is 9.95. The molecule has 0 saturated carbocycles. The summed E-state index contributed by atoms with van der Waals surface area (Å²) in [6.45, 7) is 1.13. The number of nitrogens with zero attached hydrogens (tertiary/aromatic N) is 1. The molecular weight excluding hydrogens is 246 g/mol. The van der Waals surface area contributed by atoms with E-state index in [2.05, 4.69) is 10.3 Å². The number of amides is 2. The van der Waals surface area contributed by atoms with E-state index in [9.17, 15) is 14.4 Å². The molecule has 1 aromatic heterocycles. The standard InChI is InChI=1S/C13H17N3O3/c1-14-12(18)9-4-6-16(7-5-9)13(19)10-2-3-11(17)15-8-10/h2-3,8-9H,4-7H2,1H3,(H,14,18)(H,15,17). The SMILES string of the molecule is CNC(=O)C1CCN(C(=O)c2ccc(=O)[nH]c2)CC1. The molecule has 19 heavy (non-hydrogen) atoms. The van der Waals surface area contributed by atoms with E-state index in [-0.39, 0.29) is 23.3 Å². The molecule has 2 N–H and O–H groups in total. The fourth-order valence-electron chi connectivity index (χ4n) is 2.28. The number of carbonyl (C=O) groups is 2. The molecule has 0 aromatic carbocycles. The first kappa shape index (κ1) is 13.3. The Kier molecular flexibility index (Phi) is 3.99. The highest BCUT2D eigenvalue weighted by Gasteiger charge is 2.27. The van der Waals surface area contributed by atoms with E-state index in [0.717, 1.165) is 0 Å². The Morgan fingerprint density at radius 2 is 2.00 bits per heavy atom. The fourth-order valence-corrected chi connectivity index (χ4v) is 2.28. The van der Waals surface area contributed by atoms with Crippen LogP contribution in [0.4, 0.5) is 0 Å². The van der Waals surface area contributed by atoms with Gasteiger partial charge in [-0.2, -0.15) is 0 Å². The predicted octanol–water partition coefficient (Wildman–Crippen LogP) is -0.0269. The number of nitrogens with one attached hydrogen (secondary N) is 2. The van der Waals surface area contributed by atoms with E-state index < -0.39 is 0 Å². The van der Waals surface area contributed by atoms with Crippen LogP contribution in [0.1, 0.15) is 23.2 Å². The second-order valence-electron chi connectivity index (χ2n) is 4.62. The number of rotatable bonds is 2. The van der Waals surface area contributed by atoms with Crippen LogP contribution in [0, 0.1) is 5.92 Å².